The molecular formula is C14H19N5O. The first kappa shape index (κ1) is 13.1. The molecule has 0 amide bonds. The van der Waals surface area contributed by atoms with Crippen LogP contribution in [0.25, 0.3) is 0 Å². The van der Waals surface area contributed by atoms with Gasteiger partial charge in [-0.2, -0.15) is 0 Å². The van der Waals surface area contributed by atoms with Crippen LogP contribution in [0, 0.1) is 6.92 Å². The molecule has 0 aliphatic heterocycles. The molecule has 2 aromatic heterocycles. The summed E-state index contributed by atoms with van der Waals surface area (Å²) in [5.74, 6) is 0.635. The van der Waals surface area contributed by atoms with E-state index in [-0.39, 0.29) is 0 Å². The summed E-state index contributed by atoms with van der Waals surface area (Å²) in [6.07, 6.45) is 2.50. The van der Waals surface area contributed by atoms with Crippen molar-refractivity contribution in [3.8, 4) is 0 Å². The van der Waals surface area contributed by atoms with E-state index in [0.717, 1.165) is 11.4 Å². The summed E-state index contributed by atoms with van der Waals surface area (Å²) in [7, 11) is 1.93. The van der Waals surface area contributed by atoms with Crippen LogP contribution in [0.3, 0.4) is 0 Å². The van der Waals surface area contributed by atoms with Gasteiger partial charge in [0.15, 0.2) is 0 Å². The lowest BCUT2D eigenvalue weighted by molar-refractivity contribution is 0.463. The van der Waals surface area contributed by atoms with Gasteiger partial charge in [0, 0.05) is 18.8 Å². The van der Waals surface area contributed by atoms with Crippen LogP contribution in [0.4, 0.5) is 6.01 Å². The van der Waals surface area contributed by atoms with Crippen LogP contribution in [0.15, 0.2) is 22.6 Å². The third-order valence-corrected chi connectivity index (χ3v) is 3.25. The summed E-state index contributed by atoms with van der Waals surface area (Å²) < 4.78 is 5.64. The fourth-order valence-electron chi connectivity index (χ4n) is 1.99. The largest absolute Gasteiger partial charge is 0.407 e. The lowest BCUT2D eigenvalue weighted by Crippen LogP contribution is -2.17. The van der Waals surface area contributed by atoms with E-state index < -0.39 is 0 Å². The van der Waals surface area contributed by atoms with Gasteiger partial charge in [0.1, 0.15) is 0 Å². The first-order valence-corrected chi connectivity index (χ1v) is 6.90. The molecule has 0 saturated heterocycles. The van der Waals surface area contributed by atoms with Gasteiger partial charge >= 0.3 is 6.01 Å². The maximum absolute atomic E-state index is 5.64. The SMILES string of the molecule is Cc1cccc(CN(C)c2nnc(CNC3CC3)o2)n1. The van der Waals surface area contributed by atoms with Crippen molar-refractivity contribution in [2.45, 2.75) is 38.9 Å². The number of aryl methyl sites for hydroxylation is 1. The molecule has 2 heterocycles. The van der Waals surface area contributed by atoms with E-state index >= 15 is 0 Å². The van der Waals surface area contributed by atoms with Crippen molar-refractivity contribution in [3.05, 3.63) is 35.5 Å². The minimum absolute atomic E-state index is 0.529. The number of pyridine rings is 1. The number of nitrogens with one attached hydrogen (secondary N) is 1. The third kappa shape index (κ3) is 3.33. The minimum Gasteiger partial charge on any atom is -0.407 e. The molecule has 0 bridgehead atoms. The number of hydrogen-bond donors (Lipinski definition) is 1. The third-order valence-electron chi connectivity index (χ3n) is 3.25. The molecule has 1 aliphatic rings. The Bertz CT molecular complexity index is 578. The molecule has 1 aliphatic carbocycles. The van der Waals surface area contributed by atoms with Crippen LogP contribution >= 0.6 is 0 Å². The summed E-state index contributed by atoms with van der Waals surface area (Å²) in [4.78, 5) is 6.38. The van der Waals surface area contributed by atoms with Gasteiger partial charge in [-0.05, 0) is 31.9 Å². The van der Waals surface area contributed by atoms with Gasteiger partial charge in [0.25, 0.3) is 0 Å². The zero-order chi connectivity index (χ0) is 13.9. The van der Waals surface area contributed by atoms with E-state index in [9.17, 15) is 0 Å². The van der Waals surface area contributed by atoms with Gasteiger partial charge in [-0.1, -0.05) is 11.2 Å². The molecule has 20 heavy (non-hydrogen) atoms. The Balaban J connectivity index is 1.59. The van der Waals surface area contributed by atoms with Crippen LogP contribution in [0.2, 0.25) is 0 Å². The molecule has 0 aromatic carbocycles. The van der Waals surface area contributed by atoms with Crippen LogP contribution < -0.4 is 10.2 Å². The molecular weight excluding hydrogens is 254 g/mol. The number of anilines is 1. The van der Waals surface area contributed by atoms with E-state index in [1.807, 2.05) is 37.1 Å². The average Bonchev–Trinajstić information content (AvgIpc) is 3.13. The maximum Gasteiger partial charge on any atom is 0.318 e. The first-order valence-electron chi connectivity index (χ1n) is 6.90. The van der Waals surface area contributed by atoms with Crippen molar-refractivity contribution in [3.63, 3.8) is 0 Å². The van der Waals surface area contributed by atoms with Crippen molar-refractivity contribution < 1.29 is 4.42 Å². The first-order chi connectivity index (χ1) is 9.70. The predicted octanol–water partition coefficient (Wildman–Crippen LogP) is 1.66. The fraction of sp³-hybridized carbons (Fsp3) is 0.500. The predicted molar refractivity (Wildman–Crippen MR) is 75.2 cm³/mol. The van der Waals surface area contributed by atoms with Gasteiger partial charge in [-0.15, -0.1) is 5.10 Å². The summed E-state index contributed by atoms with van der Waals surface area (Å²) in [5, 5.41) is 11.5. The highest BCUT2D eigenvalue weighted by Gasteiger charge is 2.21. The maximum atomic E-state index is 5.64. The fourth-order valence-corrected chi connectivity index (χ4v) is 1.99. The highest BCUT2D eigenvalue weighted by atomic mass is 16.4. The molecule has 6 heteroatoms. The second kappa shape index (κ2) is 5.58. The topological polar surface area (TPSA) is 67.1 Å². The average molecular weight is 273 g/mol. The molecule has 3 rings (SSSR count). The Morgan fingerprint density at radius 2 is 2.20 bits per heavy atom. The van der Waals surface area contributed by atoms with E-state index in [2.05, 4.69) is 20.5 Å². The molecule has 106 valence electrons. The highest BCUT2D eigenvalue weighted by molar-refractivity contribution is 5.24. The molecule has 0 atom stereocenters. The van der Waals surface area contributed by atoms with Gasteiger partial charge in [0.2, 0.25) is 5.89 Å². The van der Waals surface area contributed by atoms with Gasteiger partial charge in [-0.25, -0.2) is 0 Å². The van der Waals surface area contributed by atoms with Crippen molar-refractivity contribution in [1.29, 1.82) is 0 Å². The van der Waals surface area contributed by atoms with Crippen molar-refractivity contribution >= 4 is 6.01 Å². The lowest BCUT2D eigenvalue weighted by atomic mass is 10.3. The molecule has 2 aromatic rings. The molecule has 0 spiro atoms. The molecule has 0 unspecified atom stereocenters. The van der Waals surface area contributed by atoms with Gasteiger partial charge < -0.3 is 14.6 Å². The van der Waals surface area contributed by atoms with Crippen molar-refractivity contribution in [1.82, 2.24) is 20.5 Å². The number of nitrogens with zero attached hydrogens (tertiary/aromatic N) is 4. The smallest absolute Gasteiger partial charge is 0.318 e. The lowest BCUT2D eigenvalue weighted by Gasteiger charge is -2.13. The Morgan fingerprint density at radius 3 is 2.95 bits per heavy atom. The zero-order valence-electron chi connectivity index (χ0n) is 11.8. The minimum atomic E-state index is 0.529. The Morgan fingerprint density at radius 1 is 1.35 bits per heavy atom. The Labute approximate surface area is 118 Å². The number of rotatable bonds is 6. The van der Waals surface area contributed by atoms with Crippen molar-refractivity contribution in [2.24, 2.45) is 0 Å². The number of hydrogen-bond acceptors (Lipinski definition) is 6. The standard InChI is InChI=1S/C14H19N5O/c1-10-4-3-5-12(16-10)9-19(2)14-18-17-13(20-14)8-15-11-6-7-11/h3-5,11,15H,6-9H2,1-2H3. The Hall–Kier alpha value is -1.95. The monoisotopic (exact) mass is 273 g/mol. The molecule has 0 radical (unpaired) electrons. The zero-order valence-corrected chi connectivity index (χ0v) is 11.8. The van der Waals surface area contributed by atoms with Crippen LogP contribution in [-0.2, 0) is 13.1 Å². The quantitative estimate of drug-likeness (QED) is 0.863. The summed E-state index contributed by atoms with van der Waals surface area (Å²) in [6.45, 7) is 3.28. The second-order valence-corrected chi connectivity index (χ2v) is 5.26. The van der Waals surface area contributed by atoms with Crippen molar-refractivity contribution in [2.75, 3.05) is 11.9 Å². The van der Waals surface area contributed by atoms with Gasteiger partial charge in [-0.3, -0.25) is 4.98 Å². The molecule has 1 fully saturated rings. The Kier molecular flexibility index (Phi) is 3.64. The molecule has 6 nitrogen and oxygen atoms in total. The normalized spacial score (nSPS) is 14.5. The van der Waals surface area contributed by atoms with E-state index in [4.69, 9.17) is 4.42 Å². The summed E-state index contributed by atoms with van der Waals surface area (Å²) in [6, 6.07) is 7.15. The van der Waals surface area contributed by atoms with E-state index in [0.29, 0.717) is 31.0 Å². The summed E-state index contributed by atoms with van der Waals surface area (Å²) >= 11 is 0. The molecule has 1 N–H and O–H groups in total. The molecule has 1 saturated carbocycles. The second-order valence-electron chi connectivity index (χ2n) is 5.26. The van der Waals surface area contributed by atoms with Crippen LogP contribution in [0.1, 0.15) is 30.1 Å². The summed E-state index contributed by atoms with van der Waals surface area (Å²) in [5.41, 5.74) is 2.00. The van der Waals surface area contributed by atoms with E-state index in [1.54, 1.807) is 0 Å². The highest BCUT2D eigenvalue weighted by Crippen LogP contribution is 2.19. The van der Waals surface area contributed by atoms with Gasteiger partial charge in [0.05, 0.1) is 18.8 Å². The van der Waals surface area contributed by atoms with Crippen LogP contribution in [-0.4, -0.2) is 28.3 Å². The van der Waals surface area contributed by atoms with E-state index in [1.165, 1.54) is 12.8 Å². The van der Waals surface area contributed by atoms with Crippen LogP contribution in [0.5, 0.6) is 0 Å². The number of aromatic nitrogens is 3.